The van der Waals surface area contributed by atoms with Crippen molar-refractivity contribution < 1.29 is 23.9 Å². The molecule has 0 aliphatic carbocycles. The summed E-state index contributed by atoms with van der Waals surface area (Å²) in [6.07, 6.45) is -0.670. The van der Waals surface area contributed by atoms with Crippen LogP contribution in [0.1, 0.15) is 48.9 Å². The molecule has 9 nitrogen and oxygen atoms in total. The molecule has 0 aromatic heterocycles. The van der Waals surface area contributed by atoms with E-state index in [1.54, 1.807) is 24.0 Å². The number of hydrogen-bond donors (Lipinski definition) is 3. The predicted octanol–water partition coefficient (Wildman–Crippen LogP) is 2.88. The standard InChI is InChI=1S/C25H30N4O5/c1-16(12-23(31)33-2)28-22(30)14-20-13-21(18-8-10-19(11-9-18)24(26)27)29(25(32)34-20)15-17-6-4-3-5-7-17/h3-11,16,20-21H,12-15H2,1-2H3,(H3,26,27)(H,28,30)/t16-,20-,21+/m1/s1. The third-order valence-electron chi connectivity index (χ3n) is 5.69. The Balaban J connectivity index is 1.76. The van der Waals surface area contributed by atoms with Gasteiger partial charge in [0.15, 0.2) is 0 Å². The number of benzene rings is 2. The van der Waals surface area contributed by atoms with E-state index in [-0.39, 0.29) is 30.6 Å². The van der Waals surface area contributed by atoms with Gasteiger partial charge in [-0.3, -0.25) is 19.9 Å². The van der Waals surface area contributed by atoms with Crippen LogP contribution in [0.4, 0.5) is 4.79 Å². The van der Waals surface area contributed by atoms with Crippen LogP contribution < -0.4 is 11.1 Å². The van der Waals surface area contributed by atoms with E-state index in [2.05, 4.69) is 10.1 Å². The molecule has 2 aromatic rings. The lowest BCUT2D eigenvalue weighted by Crippen LogP contribution is -2.46. The number of ether oxygens (including phenoxy) is 2. The molecule has 34 heavy (non-hydrogen) atoms. The Morgan fingerprint density at radius 1 is 1.21 bits per heavy atom. The van der Waals surface area contributed by atoms with Crippen LogP contribution in [0.5, 0.6) is 0 Å². The van der Waals surface area contributed by atoms with Gasteiger partial charge < -0.3 is 20.5 Å². The van der Waals surface area contributed by atoms with Gasteiger partial charge in [0.25, 0.3) is 0 Å². The van der Waals surface area contributed by atoms with Gasteiger partial charge in [-0.2, -0.15) is 0 Å². The van der Waals surface area contributed by atoms with E-state index in [9.17, 15) is 14.4 Å². The van der Waals surface area contributed by atoms with E-state index in [0.29, 0.717) is 18.5 Å². The maximum Gasteiger partial charge on any atom is 0.410 e. The first-order valence-electron chi connectivity index (χ1n) is 11.1. The van der Waals surface area contributed by atoms with Gasteiger partial charge in [-0.15, -0.1) is 0 Å². The summed E-state index contributed by atoms with van der Waals surface area (Å²) < 4.78 is 10.2. The van der Waals surface area contributed by atoms with Gasteiger partial charge in [-0.25, -0.2) is 4.79 Å². The maximum absolute atomic E-state index is 13.0. The molecule has 1 heterocycles. The summed E-state index contributed by atoms with van der Waals surface area (Å²) in [6.45, 7) is 2.07. The van der Waals surface area contributed by atoms with Crippen LogP contribution in [0.2, 0.25) is 0 Å². The zero-order valence-electron chi connectivity index (χ0n) is 19.3. The van der Waals surface area contributed by atoms with Crippen molar-refractivity contribution in [1.82, 2.24) is 10.2 Å². The summed E-state index contributed by atoms with van der Waals surface area (Å²) in [6, 6.07) is 16.0. The number of carbonyl (C=O) groups excluding carboxylic acids is 3. The summed E-state index contributed by atoms with van der Waals surface area (Å²) in [5.41, 5.74) is 7.98. The van der Waals surface area contributed by atoms with Gasteiger partial charge in [0.2, 0.25) is 5.91 Å². The number of cyclic esters (lactones) is 1. The highest BCUT2D eigenvalue weighted by molar-refractivity contribution is 5.94. The minimum absolute atomic E-state index is 0.0154. The summed E-state index contributed by atoms with van der Waals surface area (Å²) in [5, 5.41) is 10.4. The van der Waals surface area contributed by atoms with Gasteiger partial charge in [-0.05, 0) is 18.1 Å². The smallest absolute Gasteiger partial charge is 0.410 e. The van der Waals surface area contributed by atoms with Crippen molar-refractivity contribution in [3.8, 4) is 0 Å². The molecule has 0 unspecified atom stereocenters. The molecular formula is C25H30N4O5. The second-order valence-corrected chi connectivity index (χ2v) is 8.36. The topological polar surface area (TPSA) is 135 Å². The lowest BCUT2D eigenvalue weighted by molar-refractivity contribution is -0.141. The molecule has 0 spiro atoms. The van der Waals surface area contributed by atoms with Crippen LogP contribution in [-0.2, 0) is 25.6 Å². The predicted molar refractivity (Wildman–Crippen MR) is 126 cm³/mol. The quantitative estimate of drug-likeness (QED) is 0.295. The Hall–Kier alpha value is -3.88. The fourth-order valence-corrected chi connectivity index (χ4v) is 3.97. The molecule has 1 aliphatic rings. The van der Waals surface area contributed by atoms with Crippen molar-refractivity contribution >= 4 is 23.8 Å². The maximum atomic E-state index is 13.0. The van der Waals surface area contributed by atoms with E-state index in [1.807, 2.05) is 42.5 Å². The number of methoxy groups -OCH3 is 1. The van der Waals surface area contributed by atoms with Gasteiger partial charge in [0.05, 0.1) is 26.0 Å². The number of nitrogen functional groups attached to an aromatic ring is 1. The molecule has 0 saturated carbocycles. The molecule has 0 radical (unpaired) electrons. The Morgan fingerprint density at radius 3 is 2.50 bits per heavy atom. The summed E-state index contributed by atoms with van der Waals surface area (Å²) >= 11 is 0. The lowest BCUT2D eigenvalue weighted by Gasteiger charge is -2.39. The molecule has 180 valence electrons. The van der Waals surface area contributed by atoms with Crippen LogP contribution in [0.3, 0.4) is 0 Å². The Morgan fingerprint density at radius 2 is 1.88 bits per heavy atom. The highest BCUT2D eigenvalue weighted by Crippen LogP contribution is 2.34. The molecule has 9 heteroatoms. The van der Waals surface area contributed by atoms with Crippen LogP contribution in [0, 0.1) is 5.41 Å². The van der Waals surface area contributed by atoms with Crippen LogP contribution in [-0.4, -0.2) is 48.0 Å². The van der Waals surface area contributed by atoms with Crippen molar-refractivity contribution in [2.24, 2.45) is 5.73 Å². The first-order chi connectivity index (χ1) is 16.3. The van der Waals surface area contributed by atoms with Crippen molar-refractivity contribution in [3.63, 3.8) is 0 Å². The first-order valence-corrected chi connectivity index (χ1v) is 11.1. The highest BCUT2D eigenvalue weighted by atomic mass is 16.6. The number of nitrogens with two attached hydrogens (primary N) is 1. The van der Waals surface area contributed by atoms with Gasteiger partial charge in [0.1, 0.15) is 11.9 Å². The summed E-state index contributed by atoms with van der Waals surface area (Å²) in [7, 11) is 1.29. The Labute approximate surface area is 198 Å². The van der Waals surface area contributed by atoms with Crippen LogP contribution in [0.15, 0.2) is 54.6 Å². The fourth-order valence-electron chi connectivity index (χ4n) is 3.97. The lowest BCUT2D eigenvalue weighted by atomic mass is 9.94. The molecule has 0 bridgehead atoms. The first kappa shape index (κ1) is 24.8. The van der Waals surface area contributed by atoms with Crippen LogP contribution >= 0.6 is 0 Å². The average Bonchev–Trinajstić information content (AvgIpc) is 2.81. The summed E-state index contributed by atoms with van der Waals surface area (Å²) in [5.74, 6) is -0.759. The van der Waals surface area contributed by atoms with E-state index < -0.39 is 24.2 Å². The van der Waals surface area contributed by atoms with Crippen LogP contribution in [0.25, 0.3) is 0 Å². The van der Waals surface area contributed by atoms with E-state index >= 15 is 0 Å². The molecule has 2 aromatic carbocycles. The summed E-state index contributed by atoms with van der Waals surface area (Å²) in [4.78, 5) is 38.6. The number of esters is 1. The molecular weight excluding hydrogens is 436 g/mol. The number of nitrogens with zero attached hydrogens (tertiary/aromatic N) is 1. The van der Waals surface area contributed by atoms with Crippen molar-refractivity contribution in [3.05, 3.63) is 71.3 Å². The highest BCUT2D eigenvalue weighted by Gasteiger charge is 2.37. The molecule has 4 N–H and O–H groups in total. The van der Waals surface area contributed by atoms with Crippen molar-refractivity contribution in [2.45, 2.75) is 50.9 Å². The zero-order valence-corrected chi connectivity index (χ0v) is 19.3. The normalized spacial score (nSPS) is 18.5. The fraction of sp³-hybridized carbons (Fsp3) is 0.360. The molecule has 3 rings (SSSR count). The number of rotatable bonds is 9. The third-order valence-corrected chi connectivity index (χ3v) is 5.69. The molecule has 1 aliphatic heterocycles. The monoisotopic (exact) mass is 466 g/mol. The largest absolute Gasteiger partial charge is 0.469 e. The van der Waals surface area contributed by atoms with Crippen molar-refractivity contribution in [1.29, 1.82) is 5.41 Å². The Bertz CT molecular complexity index is 1030. The number of carbonyl (C=O) groups is 3. The molecule has 3 atom stereocenters. The number of hydrogen-bond acceptors (Lipinski definition) is 6. The van der Waals surface area contributed by atoms with E-state index in [1.165, 1.54) is 7.11 Å². The minimum Gasteiger partial charge on any atom is -0.469 e. The van der Waals surface area contributed by atoms with Crippen molar-refractivity contribution in [2.75, 3.05) is 7.11 Å². The van der Waals surface area contributed by atoms with E-state index in [0.717, 1.165) is 11.1 Å². The molecule has 2 amide bonds. The number of amidine groups is 1. The SMILES string of the molecule is COC(=O)C[C@@H](C)NC(=O)C[C@H]1C[C@@H](c2ccc(C(=N)N)cc2)N(Cc2ccccc2)C(=O)O1. The third kappa shape index (κ3) is 6.57. The minimum atomic E-state index is -0.623. The zero-order chi connectivity index (χ0) is 24.7. The molecule has 1 fully saturated rings. The molecule has 1 saturated heterocycles. The van der Waals surface area contributed by atoms with Gasteiger partial charge in [0, 0.05) is 24.6 Å². The number of amides is 2. The average molecular weight is 467 g/mol. The van der Waals surface area contributed by atoms with Gasteiger partial charge in [-0.1, -0.05) is 54.6 Å². The Kier molecular flexibility index (Phi) is 8.24. The second kappa shape index (κ2) is 11.3. The second-order valence-electron chi connectivity index (χ2n) is 8.36. The van der Waals surface area contributed by atoms with Gasteiger partial charge >= 0.3 is 12.1 Å². The number of nitrogens with one attached hydrogen (secondary N) is 2. The van der Waals surface area contributed by atoms with E-state index in [4.69, 9.17) is 15.9 Å².